The zero-order valence-electron chi connectivity index (χ0n) is 20.5. The van der Waals surface area contributed by atoms with Gasteiger partial charge in [0.15, 0.2) is 0 Å². The maximum absolute atomic E-state index is 13.4. The van der Waals surface area contributed by atoms with Gasteiger partial charge in [0.2, 0.25) is 11.8 Å². The molecule has 2 aromatic carbocycles. The normalized spacial score (nSPS) is 24.3. The maximum atomic E-state index is 13.4. The first kappa shape index (κ1) is 26.6. The first-order chi connectivity index (χ1) is 18.6. The van der Waals surface area contributed by atoms with Crippen LogP contribution in [0, 0.1) is 84.9 Å². The number of terminal acetylenes is 4. The Morgan fingerprint density at radius 2 is 1.03 bits per heavy atom. The molecular formula is C31H22N2O6. The van der Waals surface area contributed by atoms with Gasteiger partial charge in [0.05, 0.1) is 35.0 Å². The molecule has 2 saturated carbocycles. The van der Waals surface area contributed by atoms with Gasteiger partial charge >= 0.3 is 11.9 Å². The van der Waals surface area contributed by atoms with E-state index in [2.05, 4.69) is 34.3 Å². The molecule has 2 aliphatic carbocycles. The Morgan fingerprint density at radius 3 is 1.33 bits per heavy atom. The van der Waals surface area contributed by atoms with Crippen molar-refractivity contribution in [3.63, 3.8) is 0 Å². The molecule has 192 valence electrons. The average molecular weight is 519 g/mol. The lowest BCUT2D eigenvalue weighted by molar-refractivity contribution is -0.159. The fourth-order valence-corrected chi connectivity index (χ4v) is 5.96. The highest BCUT2D eigenvalue weighted by molar-refractivity contribution is 6.01. The van der Waals surface area contributed by atoms with Crippen LogP contribution in [0.25, 0.3) is 0 Å². The highest BCUT2D eigenvalue weighted by Gasteiger charge is 2.66. The van der Waals surface area contributed by atoms with Crippen molar-refractivity contribution in [2.45, 2.75) is 6.42 Å². The van der Waals surface area contributed by atoms with E-state index in [-0.39, 0.29) is 17.8 Å². The van der Waals surface area contributed by atoms with Crippen LogP contribution in [0.5, 0.6) is 0 Å². The van der Waals surface area contributed by atoms with Crippen LogP contribution in [0.3, 0.4) is 0 Å². The molecule has 4 rings (SSSR count). The maximum Gasteiger partial charge on any atom is 0.307 e. The van der Waals surface area contributed by atoms with Gasteiger partial charge in [-0.25, -0.2) is 0 Å². The van der Waals surface area contributed by atoms with Gasteiger partial charge in [0.25, 0.3) is 0 Å². The van der Waals surface area contributed by atoms with Crippen LogP contribution >= 0.6 is 0 Å². The second kappa shape index (κ2) is 10.5. The van der Waals surface area contributed by atoms with Gasteiger partial charge < -0.3 is 20.8 Å². The summed E-state index contributed by atoms with van der Waals surface area (Å²) in [6.45, 7) is 0. The summed E-state index contributed by atoms with van der Waals surface area (Å²) in [6, 6.07) is 9.23. The first-order valence-corrected chi connectivity index (χ1v) is 11.9. The summed E-state index contributed by atoms with van der Waals surface area (Å²) < 4.78 is 0. The van der Waals surface area contributed by atoms with Crippen molar-refractivity contribution in [1.29, 1.82) is 0 Å². The van der Waals surface area contributed by atoms with Crippen molar-refractivity contribution in [3.05, 3.63) is 58.7 Å². The number of carboxylic acids is 2. The number of aliphatic carboxylic acids is 2. The van der Waals surface area contributed by atoms with E-state index in [1.807, 2.05) is 0 Å². The van der Waals surface area contributed by atoms with E-state index in [4.69, 9.17) is 25.7 Å². The lowest BCUT2D eigenvalue weighted by atomic mass is 9.67. The standard InChI is InChI=1S/C31H22N2O6/c1-5-16-9-11-18(7-3)22(13-16)32-28(34)24-20-15-21(26(24)30(36)37)25(27(20)31(38)39)29(35)33-23-14-17(6-2)10-12-19(23)8-4/h1-4,9-14,20-21,24-27H,15H2,(H,32,34)(H,33,35)(H,36,37)(H,38,39). The third kappa shape index (κ3) is 4.69. The topological polar surface area (TPSA) is 133 Å². The number of rotatable bonds is 6. The van der Waals surface area contributed by atoms with E-state index in [0.29, 0.717) is 22.3 Å². The molecule has 0 spiro atoms. The van der Waals surface area contributed by atoms with E-state index in [0.717, 1.165) is 0 Å². The number of anilines is 2. The molecule has 8 nitrogen and oxygen atoms in total. The average Bonchev–Trinajstić information content (AvgIpc) is 3.50. The van der Waals surface area contributed by atoms with Gasteiger partial charge in [-0.05, 0) is 54.7 Å². The molecule has 2 fully saturated rings. The first-order valence-electron chi connectivity index (χ1n) is 11.9. The van der Waals surface area contributed by atoms with Crippen molar-refractivity contribution in [1.82, 2.24) is 0 Å². The Kier molecular flexibility index (Phi) is 7.17. The summed E-state index contributed by atoms with van der Waals surface area (Å²) in [7, 11) is 0. The summed E-state index contributed by atoms with van der Waals surface area (Å²) in [6.07, 6.45) is 22.0. The molecule has 2 amide bonds. The number of hydrogen-bond acceptors (Lipinski definition) is 4. The van der Waals surface area contributed by atoms with Crippen LogP contribution in [0.1, 0.15) is 28.7 Å². The molecular weight excluding hydrogens is 496 g/mol. The van der Waals surface area contributed by atoms with E-state index in [9.17, 15) is 29.4 Å². The van der Waals surface area contributed by atoms with Gasteiger partial charge in [-0.1, -0.05) is 23.7 Å². The summed E-state index contributed by atoms with van der Waals surface area (Å²) >= 11 is 0. The molecule has 0 aromatic heterocycles. The molecule has 0 saturated heterocycles. The zero-order chi connectivity index (χ0) is 28.4. The van der Waals surface area contributed by atoms with Crippen LogP contribution in [0.4, 0.5) is 11.4 Å². The third-order valence-corrected chi connectivity index (χ3v) is 7.54. The molecule has 2 aliphatic rings. The monoisotopic (exact) mass is 518 g/mol. The lowest BCUT2D eigenvalue weighted by Crippen LogP contribution is -2.49. The van der Waals surface area contributed by atoms with Crippen LogP contribution in [-0.4, -0.2) is 34.0 Å². The van der Waals surface area contributed by atoms with Crippen molar-refractivity contribution in [2.24, 2.45) is 35.5 Å². The smallest absolute Gasteiger partial charge is 0.307 e. The number of fused-ring (bicyclic) bond motifs is 2. The molecule has 2 bridgehead atoms. The Morgan fingerprint density at radius 1 is 0.641 bits per heavy atom. The summed E-state index contributed by atoms with van der Waals surface area (Å²) in [5.41, 5.74) is 1.94. The summed E-state index contributed by atoms with van der Waals surface area (Å²) in [5, 5.41) is 25.5. The van der Waals surface area contributed by atoms with E-state index in [1.54, 1.807) is 24.3 Å². The lowest BCUT2D eigenvalue weighted by Gasteiger charge is -2.36. The van der Waals surface area contributed by atoms with Crippen LogP contribution in [-0.2, 0) is 19.2 Å². The molecule has 4 N–H and O–H groups in total. The molecule has 39 heavy (non-hydrogen) atoms. The van der Waals surface area contributed by atoms with Gasteiger partial charge in [-0.2, -0.15) is 0 Å². The van der Waals surface area contributed by atoms with Crippen molar-refractivity contribution < 1.29 is 29.4 Å². The summed E-state index contributed by atoms with van der Waals surface area (Å²) in [4.78, 5) is 51.7. The van der Waals surface area contributed by atoms with E-state index < -0.39 is 59.3 Å². The van der Waals surface area contributed by atoms with E-state index >= 15 is 0 Å². The van der Waals surface area contributed by atoms with Crippen LogP contribution in [0.2, 0.25) is 0 Å². The van der Waals surface area contributed by atoms with Gasteiger partial charge in [-0.15, -0.1) is 25.7 Å². The third-order valence-electron chi connectivity index (χ3n) is 7.54. The number of carboxylic acid groups (broad SMARTS) is 2. The molecule has 6 unspecified atom stereocenters. The van der Waals surface area contributed by atoms with Gasteiger partial charge in [0, 0.05) is 22.3 Å². The van der Waals surface area contributed by atoms with Crippen LogP contribution in [0.15, 0.2) is 36.4 Å². The Labute approximate surface area is 225 Å². The number of carbonyl (C=O) groups is 4. The quantitative estimate of drug-likeness (QED) is 0.435. The SMILES string of the molecule is C#Cc1ccc(C#C)c(NC(=O)C2C3CC(C2C(=O)O)C(C(=O)Nc2cc(C#C)ccc2C#C)C3C(=O)O)c1. The minimum Gasteiger partial charge on any atom is -0.481 e. The number of benzene rings is 2. The number of nitrogens with one attached hydrogen (secondary N) is 2. The fraction of sp³-hybridized carbons (Fsp3) is 0.226. The second-order valence-electron chi connectivity index (χ2n) is 9.42. The Hall–Kier alpha value is -5.44. The van der Waals surface area contributed by atoms with Gasteiger partial charge in [0.1, 0.15) is 0 Å². The Balaban J connectivity index is 1.67. The molecule has 8 heteroatoms. The van der Waals surface area contributed by atoms with E-state index in [1.165, 1.54) is 12.1 Å². The summed E-state index contributed by atoms with van der Waals surface area (Å²) in [5.74, 6) is -1.20. The molecule has 0 heterocycles. The second-order valence-corrected chi connectivity index (χ2v) is 9.42. The molecule has 0 aliphatic heterocycles. The Bertz CT molecular complexity index is 1460. The number of carbonyl (C=O) groups excluding carboxylic acids is 2. The largest absolute Gasteiger partial charge is 0.481 e. The highest BCUT2D eigenvalue weighted by atomic mass is 16.4. The van der Waals surface area contributed by atoms with Crippen molar-refractivity contribution in [3.8, 4) is 49.4 Å². The van der Waals surface area contributed by atoms with Gasteiger partial charge in [-0.3, -0.25) is 19.2 Å². The number of amides is 2. The minimum absolute atomic E-state index is 0.0584. The van der Waals surface area contributed by atoms with Crippen molar-refractivity contribution >= 4 is 35.1 Å². The predicted molar refractivity (Wildman–Crippen MR) is 143 cm³/mol. The molecule has 0 radical (unpaired) electrons. The molecule has 6 atom stereocenters. The molecule has 2 aromatic rings. The zero-order valence-corrected chi connectivity index (χ0v) is 20.5. The number of hydrogen-bond donors (Lipinski definition) is 4. The predicted octanol–water partition coefficient (Wildman–Crippen LogP) is 2.47. The van der Waals surface area contributed by atoms with Crippen molar-refractivity contribution in [2.75, 3.05) is 10.6 Å². The minimum atomic E-state index is -1.31. The highest BCUT2D eigenvalue weighted by Crippen LogP contribution is 2.59. The fourth-order valence-electron chi connectivity index (χ4n) is 5.96. The van der Waals surface area contributed by atoms with Crippen LogP contribution < -0.4 is 10.6 Å².